The molecule has 0 saturated carbocycles. The third-order valence-electron chi connectivity index (χ3n) is 3.27. The van der Waals surface area contributed by atoms with Crippen molar-refractivity contribution in [1.29, 1.82) is 0 Å². The van der Waals surface area contributed by atoms with Gasteiger partial charge in [0.25, 0.3) is 0 Å². The van der Waals surface area contributed by atoms with E-state index >= 15 is 0 Å². The summed E-state index contributed by atoms with van der Waals surface area (Å²) in [6.07, 6.45) is 3.38. The minimum absolute atomic E-state index is 0.263. The Morgan fingerprint density at radius 2 is 2.12 bits per heavy atom. The van der Waals surface area contributed by atoms with Gasteiger partial charge < -0.3 is 10.4 Å². The average molecular weight is 228 g/mol. The Balaban J connectivity index is 2.48. The van der Waals surface area contributed by atoms with Crippen molar-refractivity contribution in [2.45, 2.75) is 39.2 Å². The molecule has 0 aromatic heterocycles. The van der Waals surface area contributed by atoms with Crippen LogP contribution in [-0.2, 0) is 4.79 Å². The second kappa shape index (κ2) is 6.86. The first-order chi connectivity index (χ1) is 7.65. The lowest BCUT2D eigenvalue weighted by Crippen LogP contribution is -2.45. The summed E-state index contributed by atoms with van der Waals surface area (Å²) in [6, 6.07) is 0.572. The monoisotopic (exact) mass is 228 g/mol. The summed E-state index contributed by atoms with van der Waals surface area (Å²) in [5, 5.41) is 12.3. The molecule has 2 N–H and O–H groups in total. The van der Waals surface area contributed by atoms with Gasteiger partial charge in [-0.05, 0) is 38.9 Å². The number of carboxylic acid groups (broad SMARTS) is 1. The lowest BCUT2D eigenvalue weighted by molar-refractivity contribution is -0.142. The molecular weight excluding hydrogens is 204 g/mol. The summed E-state index contributed by atoms with van der Waals surface area (Å²) < 4.78 is 0. The molecule has 0 spiro atoms. The van der Waals surface area contributed by atoms with Crippen molar-refractivity contribution in [2.75, 3.05) is 26.2 Å². The summed E-state index contributed by atoms with van der Waals surface area (Å²) in [5.41, 5.74) is 0. The van der Waals surface area contributed by atoms with Crippen LogP contribution in [0.3, 0.4) is 0 Å². The maximum absolute atomic E-state index is 10.9. The molecule has 1 aliphatic rings. The summed E-state index contributed by atoms with van der Waals surface area (Å²) >= 11 is 0. The van der Waals surface area contributed by atoms with Crippen LogP contribution in [0.1, 0.15) is 33.1 Å². The van der Waals surface area contributed by atoms with Crippen molar-refractivity contribution in [3.63, 3.8) is 0 Å². The molecule has 0 radical (unpaired) electrons. The molecule has 1 unspecified atom stereocenters. The SMILES string of the molecule is CCCN(CC(C)C(=O)O)C1CCNCC1. The highest BCUT2D eigenvalue weighted by atomic mass is 16.4. The van der Waals surface area contributed by atoms with Crippen molar-refractivity contribution >= 4 is 5.97 Å². The van der Waals surface area contributed by atoms with Crippen LogP contribution < -0.4 is 5.32 Å². The zero-order valence-electron chi connectivity index (χ0n) is 10.4. The molecule has 0 aromatic carbocycles. The average Bonchev–Trinajstić information content (AvgIpc) is 2.29. The minimum Gasteiger partial charge on any atom is -0.481 e. The molecule has 94 valence electrons. The smallest absolute Gasteiger partial charge is 0.307 e. The minimum atomic E-state index is -0.685. The molecule has 0 bridgehead atoms. The van der Waals surface area contributed by atoms with Crippen LogP contribution in [0, 0.1) is 5.92 Å². The maximum Gasteiger partial charge on any atom is 0.307 e. The van der Waals surface area contributed by atoms with Gasteiger partial charge in [-0.1, -0.05) is 13.8 Å². The number of hydrogen-bond acceptors (Lipinski definition) is 3. The Hall–Kier alpha value is -0.610. The van der Waals surface area contributed by atoms with Crippen LogP contribution in [-0.4, -0.2) is 48.2 Å². The van der Waals surface area contributed by atoms with E-state index in [1.165, 1.54) is 0 Å². The fourth-order valence-electron chi connectivity index (χ4n) is 2.31. The number of aliphatic carboxylic acids is 1. The molecule has 1 saturated heterocycles. The fraction of sp³-hybridized carbons (Fsp3) is 0.917. The molecule has 16 heavy (non-hydrogen) atoms. The fourth-order valence-corrected chi connectivity index (χ4v) is 2.31. The zero-order valence-corrected chi connectivity index (χ0v) is 10.4. The second-order valence-electron chi connectivity index (χ2n) is 4.72. The predicted molar refractivity (Wildman–Crippen MR) is 64.6 cm³/mol. The third-order valence-corrected chi connectivity index (χ3v) is 3.27. The van der Waals surface area contributed by atoms with Crippen molar-refractivity contribution in [3.8, 4) is 0 Å². The van der Waals surface area contributed by atoms with Crippen LogP contribution >= 0.6 is 0 Å². The molecule has 1 aliphatic heterocycles. The molecule has 1 rings (SSSR count). The van der Waals surface area contributed by atoms with E-state index in [9.17, 15) is 4.79 Å². The third kappa shape index (κ3) is 4.10. The standard InChI is InChI=1S/C12H24N2O2/c1-3-8-14(9-10(2)12(15)16)11-4-6-13-7-5-11/h10-11,13H,3-9H2,1-2H3,(H,15,16). The van der Waals surface area contributed by atoms with E-state index in [4.69, 9.17) is 5.11 Å². The first-order valence-electron chi connectivity index (χ1n) is 6.32. The predicted octanol–water partition coefficient (Wildman–Crippen LogP) is 1.17. The highest BCUT2D eigenvalue weighted by Gasteiger charge is 2.23. The number of nitrogens with zero attached hydrogens (tertiary/aromatic N) is 1. The second-order valence-corrected chi connectivity index (χ2v) is 4.72. The zero-order chi connectivity index (χ0) is 12.0. The Bertz CT molecular complexity index is 215. The largest absolute Gasteiger partial charge is 0.481 e. The van der Waals surface area contributed by atoms with E-state index in [1.54, 1.807) is 6.92 Å². The Morgan fingerprint density at radius 1 is 1.50 bits per heavy atom. The molecule has 1 heterocycles. The lowest BCUT2D eigenvalue weighted by atomic mass is 10.0. The Labute approximate surface area is 98.0 Å². The van der Waals surface area contributed by atoms with Gasteiger partial charge in [-0.3, -0.25) is 9.69 Å². The molecule has 4 heteroatoms. The highest BCUT2D eigenvalue weighted by molar-refractivity contribution is 5.69. The normalized spacial score (nSPS) is 19.9. The van der Waals surface area contributed by atoms with Gasteiger partial charge in [0.05, 0.1) is 5.92 Å². The Kier molecular flexibility index (Phi) is 5.77. The van der Waals surface area contributed by atoms with E-state index in [-0.39, 0.29) is 5.92 Å². The van der Waals surface area contributed by atoms with Crippen molar-refractivity contribution < 1.29 is 9.90 Å². The summed E-state index contributed by atoms with van der Waals surface area (Å²) in [7, 11) is 0. The van der Waals surface area contributed by atoms with Crippen molar-refractivity contribution in [2.24, 2.45) is 5.92 Å². The Morgan fingerprint density at radius 3 is 2.62 bits per heavy atom. The quantitative estimate of drug-likeness (QED) is 0.716. The van der Waals surface area contributed by atoms with Gasteiger partial charge in [0, 0.05) is 12.6 Å². The number of piperidine rings is 1. The van der Waals surface area contributed by atoms with Crippen LogP contribution in [0.5, 0.6) is 0 Å². The maximum atomic E-state index is 10.9. The van der Waals surface area contributed by atoms with Gasteiger partial charge in [-0.25, -0.2) is 0 Å². The van der Waals surface area contributed by atoms with Crippen LogP contribution in [0.25, 0.3) is 0 Å². The highest BCUT2D eigenvalue weighted by Crippen LogP contribution is 2.14. The number of hydrogen-bond donors (Lipinski definition) is 2. The lowest BCUT2D eigenvalue weighted by Gasteiger charge is -2.35. The van der Waals surface area contributed by atoms with Gasteiger partial charge in [0.2, 0.25) is 0 Å². The van der Waals surface area contributed by atoms with E-state index < -0.39 is 5.97 Å². The van der Waals surface area contributed by atoms with Crippen LogP contribution in [0.4, 0.5) is 0 Å². The molecule has 1 fully saturated rings. The van der Waals surface area contributed by atoms with E-state index in [1.807, 2.05) is 0 Å². The van der Waals surface area contributed by atoms with Crippen molar-refractivity contribution in [1.82, 2.24) is 10.2 Å². The first-order valence-corrected chi connectivity index (χ1v) is 6.32. The summed E-state index contributed by atoms with van der Waals surface area (Å²) in [6.45, 7) is 7.78. The van der Waals surface area contributed by atoms with E-state index in [0.29, 0.717) is 12.6 Å². The number of carboxylic acids is 1. The van der Waals surface area contributed by atoms with E-state index in [2.05, 4.69) is 17.1 Å². The first kappa shape index (κ1) is 13.5. The van der Waals surface area contributed by atoms with Crippen LogP contribution in [0.15, 0.2) is 0 Å². The van der Waals surface area contributed by atoms with Crippen molar-refractivity contribution in [3.05, 3.63) is 0 Å². The van der Waals surface area contributed by atoms with Gasteiger partial charge in [0.15, 0.2) is 0 Å². The van der Waals surface area contributed by atoms with Gasteiger partial charge in [0.1, 0.15) is 0 Å². The molecule has 0 aromatic rings. The molecule has 0 aliphatic carbocycles. The topological polar surface area (TPSA) is 52.6 Å². The summed E-state index contributed by atoms with van der Waals surface area (Å²) in [4.78, 5) is 13.2. The van der Waals surface area contributed by atoms with E-state index in [0.717, 1.165) is 38.9 Å². The van der Waals surface area contributed by atoms with Gasteiger partial charge in [-0.2, -0.15) is 0 Å². The number of rotatable bonds is 6. The van der Waals surface area contributed by atoms with Gasteiger partial charge >= 0.3 is 5.97 Å². The molecule has 1 atom stereocenters. The molecule has 0 amide bonds. The molecule has 4 nitrogen and oxygen atoms in total. The number of nitrogens with one attached hydrogen (secondary N) is 1. The number of carbonyl (C=O) groups is 1. The van der Waals surface area contributed by atoms with Crippen LogP contribution in [0.2, 0.25) is 0 Å². The van der Waals surface area contributed by atoms with Gasteiger partial charge in [-0.15, -0.1) is 0 Å². The summed E-state index contributed by atoms with van der Waals surface area (Å²) in [5.74, 6) is -0.948. The molecular formula is C12H24N2O2.